The molecule has 1 atom stereocenters. The fourth-order valence-electron chi connectivity index (χ4n) is 2.97. The van der Waals surface area contributed by atoms with Crippen molar-refractivity contribution in [1.82, 2.24) is 14.9 Å². The minimum atomic E-state index is -3.25. The number of terminal acetylenes is 1. The molecule has 1 unspecified atom stereocenters. The van der Waals surface area contributed by atoms with Crippen molar-refractivity contribution in [3.05, 3.63) is 60.6 Å². The summed E-state index contributed by atoms with van der Waals surface area (Å²) in [7, 11) is 1.33. The van der Waals surface area contributed by atoms with Gasteiger partial charge in [-0.15, -0.1) is 0 Å². The van der Waals surface area contributed by atoms with E-state index in [1.165, 1.54) is 31.8 Å². The zero-order valence-electron chi connectivity index (χ0n) is 17.8. The van der Waals surface area contributed by atoms with Gasteiger partial charge >= 0.3 is 0 Å². The summed E-state index contributed by atoms with van der Waals surface area (Å²) in [6, 6.07) is 9.46. The molecule has 2 heterocycles. The van der Waals surface area contributed by atoms with Gasteiger partial charge in [0.1, 0.15) is 11.9 Å². The monoisotopic (exact) mass is 439 g/mol. The number of nitrogens with zero attached hydrogens (tertiary/aromatic N) is 5. The number of hydrogen-bond acceptors (Lipinski definition) is 6. The maximum absolute atomic E-state index is 14.6. The average Bonchev–Trinajstić information content (AvgIpc) is 2.82. The number of ether oxygens (including phenoxy) is 1. The van der Waals surface area contributed by atoms with Crippen molar-refractivity contribution in [3.63, 3.8) is 0 Å². The van der Waals surface area contributed by atoms with E-state index >= 15 is 0 Å². The standard InChI is InChI=1S/C23H23F2N5O2/c1-5-29(16-17(3)30(6-2)20-8-7-18(14-26)15-28-20)22(31)9-11-23(24,25)19-10-12-27-21(13-19)32-4/h1,6-8,10,12-13,15,17H,2,9,11,16H2,3-4H3. The molecule has 9 heteroatoms. The quantitative estimate of drug-likeness (QED) is 0.415. The molecule has 0 saturated carbocycles. The number of anilines is 1. The Balaban J connectivity index is 2.04. The molecule has 166 valence electrons. The summed E-state index contributed by atoms with van der Waals surface area (Å²) in [5.41, 5.74) is 0.112. The van der Waals surface area contributed by atoms with E-state index in [4.69, 9.17) is 16.4 Å². The largest absolute Gasteiger partial charge is 0.481 e. The second kappa shape index (κ2) is 10.9. The van der Waals surface area contributed by atoms with Crippen molar-refractivity contribution in [2.45, 2.75) is 31.7 Å². The molecule has 7 nitrogen and oxygen atoms in total. The van der Waals surface area contributed by atoms with Crippen LogP contribution in [0, 0.1) is 23.8 Å². The van der Waals surface area contributed by atoms with Gasteiger partial charge in [0.25, 0.3) is 5.92 Å². The van der Waals surface area contributed by atoms with Crippen LogP contribution in [-0.4, -0.2) is 40.5 Å². The molecule has 0 fully saturated rings. The van der Waals surface area contributed by atoms with Crippen LogP contribution in [0.5, 0.6) is 5.88 Å². The summed E-state index contributed by atoms with van der Waals surface area (Å²) in [5.74, 6) is -3.28. The number of methoxy groups -OCH3 is 1. The zero-order valence-corrected chi connectivity index (χ0v) is 17.8. The lowest BCUT2D eigenvalue weighted by molar-refractivity contribution is -0.130. The molecule has 2 aromatic heterocycles. The minimum Gasteiger partial charge on any atom is -0.481 e. The molecule has 0 aliphatic carbocycles. The molecule has 0 aliphatic rings. The number of aromatic nitrogens is 2. The fourth-order valence-corrected chi connectivity index (χ4v) is 2.97. The molecule has 2 rings (SSSR count). The highest BCUT2D eigenvalue weighted by atomic mass is 19.3. The van der Waals surface area contributed by atoms with E-state index in [2.05, 4.69) is 22.6 Å². The van der Waals surface area contributed by atoms with Crippen LogP contribution in [0.25, 0.3) is 0 Å². The first-order chi connectivity index (χ1) is 15.2. The summed E-state index contributed by atoms with van der Waals surface area (Å²) in [4.78, 5) is 23.3. The number of amides is 1. The predicted octanol–water partition coefficient (Wildman–Crippen LogP) is 3.69. The third-order valence-electron chi connectivity index (χ3n) is 4.74. The van der Waals surface area contributed by atoms with Crippen molar-refractivity contribution in [2.24, 2.45) is 0 Å². The molecule has 0 N–H and O–H groups in total. The smallest absolute Gasteiger partial charge is 0.274 e. The summed E-state index contributed by atoms with van der Waals surface area (Å²) < 4.78 is 34.0. The van der Waals surface area contributed by atoms with Crippen LogP contribution >= 0.6 is 0 Å². The van der Waals surface area contributed by atoms with Gasteiger partial charge in [0.15, 0.2) is 0 Å². The van der Waals surface area contributed by atoms with Gasteiger partial charge in [-0.1, -0.05) is 13.0 Å². The van der Waals surface area contributed by atoms with Gasteiger partial charge in [-0.3, -0.25) is 9.69 Å². The summed E-state index contributed by atoms with van der Waals surface area (Å²) in [6.45, 7) is 5.60. The van der Waals surface area contributed by atoms with Crippen LogP contribution in [0.15, 0.2) is 49.4 Å². The first-order valence-corrected chi connectivity index (χ1v) is 9.67. The number of alkyl halides is 2. The lowest BCUT2D eigenvalue weighted by Gasteiger charge is -2.29. The molecule has 0 aliphatic heterocycles. The van der Waals surface area contributed by atoms with E-state index in [1.807, 2.05) is 6.07 Å². The van der Waals surface area contributed by atoms with E-state index in [-0.39, 0.29) is 24.0 Å². The summed E-state index contributed by atoms with van der Waals surface area (Å²) in [6.07, 6.45) is 8.47. The highest BCUT2D eigenvalue weighted by Crippen LogP contribution is 2.34. The van der Waals surface area contributed by atoms with Crippen LogP contribution in [0.1, 0.15) is 30.9 Å². The second-order valence-electron chi connectivity index (χ2n) is 6.88. The Morgan fingerprint density at radius 1 is 1.41 bits per heavy atom. The first-order valence-electron chi connectivity index (χ1n) is 9.67. The van der Waals surface area contributed by atoms with Crippen LogP contribution in [0.3, 0.4) is 0 Å². The van der Waals surface area contributed by atoms with E-state index in [0.717, 1.165) is 11.0 Å². The van der Waals surface area contributed by atoms with Crippen LogP contribution in [-0.2, 0) is 10.7 Å². The Morgan fingerprint density at radius 2 is 2.16 bits per heavy atom. The first kappa shape index (κ1) is 24.3. The van der Waals surface area contributed by atoms with Crippen LogP contribution in [0.2, 0.25) is 0 Å². The van der Waals surface area contributed by atoms with Crippen molar-refractivity contribution in [1.29, 1.82) is 5.26 Å². The molecular weight excluding hydrogens is 416 g/mol. The number of carbonyl (C=O) groups is 1. The van der Waals surface area contributed by atoms with E-state index in [1.54, 1.807) is 24.0 Å². The molecule has 0 bridgehead atoms. The predicted molar refractivity (Wildman–Crippen MR) is 116 cm³/mol. The van der Waals surface area contributed by atoms with Crippen molar-refractivity contribution in [3.8, 4) is 24.4 Å². The van der Waals surface area contributed by atoms with Gasteiger partial charge in [-0.25, -0.2) is 18.7 Å². The summed E-state index contributed by atoms with van der Waals surface area (Å²) >= 11 is 0. The van der Waals surface area contributed by atoms with Gasteiger partial charge in [-0.05, 0) is 31.3 Å². The number of hydrogen-bond donors (Lipinski definition) is 0. The Morgan fingerprint density at radius 3 is 2.72 bits per heavy atom. The lowest BCUT2D eigenvalue weighted by Crippen LogP contribution is -2.41. The third kappa shape index (κ3) is 6.02. The molecule has 0 spiro atoms. The average molecular weight is 439 g/mol. The van der Waals surface area contributed by atoms with E-state index in [9.17, 15) is 13.6 Å². The van der Waals surface area contributed by atoms with Crippen LogP contribution in [0.4, 0.5) is 14.6 Å². The SMILES string of the molecule is C#CN(CC(C)N(C=C)c1ccc(C#N)cn1)C(=O)CCC(F)(F)c1ccnc(OC)c1. The minimum absolute atomic E-state index is 0.0634. The molecule has 0 radical (unpaired) electrons. The molecule has 0 saturated heterocycles. The second-order valence-corrected chi connectivity index (χ2v) is 6.88. The Hall–Kier alpha value is -3.98. The molecule has 2 aromatic rings. The van der Waals surface area contributed by atoms with E-state index < -0.39 is 24.7 Å². The van der Waals surface area contributed by atoms with Gasteiger partial charge in [0.2, 0.25) is 11.8 Å². The number of pyridine rings is 2. The summed E-state index contributed by atoms with van der Waals surface area (Å²) in [5, 5.41) is 8.90. The normalized spacial score (nSPS) is 11.6. The Bertz CT molecular complexity index is 1030. The number of rotatable bonds is 10. The number of nitriles is 1. The topological polar surface area (TPSA) is 82.4 Å². The Labute approximate surface area is 186 Å². The van der Waals surface area contributed by atoms with E-state index in [0.29, 0.717) is 11.4 Å². The number of halogens is 2. The van der Waals surface area contributed by atoms with Crippen molar-refractivity contribution in [2.75, 3.05) is 18.6 Å². The molecule has 32 heavy (non-hydrogen) atoms. The molecule has 0 aromatic carbocycles. The van der Waals surface area contributed by atoms with Crippen LogP contribution < -0.4 is 9.64 Å². The zero-order chi connectivity index (χ0) is 23.7. The Kier molecular flexibility index (Phi) is 8.25. The lowest BCUT2D eigenvalue weighted by atomic mass is 10.0. The fraction of sp³-hybridized carbons (Fsp3) is 0.304. The van der Waals surface area contributed by atoms with Gasteiger partial charge in [-0.2, -0.15) is 5.26 Å². The number of carbonyl (C=O) groups excluding carboxylic acids is 1. The van der Waals surface area contributed by atoms with Crippen molar-refractivity contribution < 1.29 is 18.3 Å². The maximum Gasteiger partial charge on any atom is 0.274 e. The maximum atomic E-state index is 14.6. The molecular formula is C23H23F2N5O2. The van der Waals surface area contributed by atoms with Gasteiger partial charge in [0.05, 0.1) is 25.3 Å². The van der Waals surface area contributed by atoms with Crippen molar-refractivity contribution >= 4 is 11.7 Å². The third-order valence-corrected chi connectivity index (χ3v) is 4.74. The van der Waals surface area contributed by atoms with Gasteiger partial charge in [0, 0.05) is 42.9 Å². The highest BCUT2D eigenvalue weighted by molar-refractivity contribution is 5.78. The highest BCUT2D eigenvalue weighted by Gasteiger charge is 2.33. The molecule has 1 amide bonds. The van der Waals surface area contributed by atoms with Gasteiger partial charge < -0.3 is 9.64 Å².